The average Bonchev–Trinajstić information content (AvgIpc) is 2.28. The van der Waals surface area contributed by atoms with Gasteiger partial charge >= 0.3 is 141 Å². The molecule has 118 valence electrons. The van der Waals surface area contributed by atoms with Crippen LogP contribution >= 0.6 is 38.7 Å². The molecule has 0 N–H and O–H groups in total. The molecule has 0 aromatic heterocycles. The summed E-state index contributed by atoms with van der Waals surface area (Å²) in [5.74, 6) is 0.738. The van der Waals surface area contributed by atoms with Crippen LogP contribution in [0.5, 0.6) is 0 Å². The van der Waals surface area contributed by atoms with E-state index in [4.69, 9.17) is 38.7 Å². The van der Waals surface area contributed by atoms with Crippen LogP contribution in [-0.4, -0.2) is 27.4 Å². The molecule has 0 spiro atoms. The maximum absolute atomic E-state index is 6.60. The molecule has 2 rings (SSSR count). The van der Waals surface area contributed by atoms with Gasteiger partial charge in [0.05, 0.1) is 0 Å². The van der Waals surface area contributed by atoms with Crippen molar-refractivity contribution in [1.29, 1.82) is 0 Å². The zero-order valence-corrected chi connectivity index (χ0v) is 16.0. The third-order valence-corrected chi connectivity index (χ3v) is 8.91. The van der Waals surface area contributed by atoms with Gasteiger partial charge in [-0.25, -0.2) is 0 Å². The molecule has 3 nitrogen and oxygen atoms in total. The molecule has 0 atom stereocenters. The molecule has 1 saturated heterocycles. The van der Waals surface area contributed by atoms with Gasteiger partial charge in [0, 0.05) is 0 Å². The number of aliphatic imine (C=N–C) groups is 1. The summed E-state index contributed by atoms with van der Waals surface area (Å²) in [5.41, 5.74) is 2.06. The first-order valence-electron chi connectivity index (χ1n) is 6.95. The monoisotopic (exact) mass is 367 g/mol. The molecule has 1 aliphatic heterocycles. The van der Waals surface area contributed by atoms with Crippen molar-refractivity contribution in [2.24, 2.45) is 4.99 Å². The van der Waals surface area contributed by atoms with E-state index in [1.54, 1.807) is 0 Å². The molecule has 0 amide bonds. The Morgan fingerprint density at radius 1 is 0.905 bits per heavy atom. The van der Waals surface area contributed by atoms with Gasteiger partial charge in [0.1, 0.15) is 0 Å². The van der Waals surface area contributed by atoms with Gasteiger partial charge in [0.25, 0.3) is 0 Å². The first kappa shape index (κ1) is 17.1. The Morgan fingerprint density at radius 2 is 1.33 bits per heavy atom. The average molecular weight is 369 g/mol. The van der Waals surface area contributed by atoms with Crippen LogP contribution in [0.15, 0.2) is 29.3 Å². The number of nitrogens with zero attached hydrogens (tertiary/aromatic N) is 3. The second-order valence-corrected chi connectivity index (χ2v) is 15.5. The summed E-state index contributed by atoms with van der Waals surface area (Å²) in [6.07, 6.45) is 0. The Kier molecular flexibility index (Phi) is 4.45. The fourth-order valence-electron chi connectivity index (χ4n) is 2.48. The van der Waals surface area contributed by atoms with E-state index < -0.39 is 4.96 Å². The van der Waals surface area contributed by atoms with E-state index in [0.29, 0.717) is 0 Å². The van der Waals surface area contributed by atoms with Crippen LogP contribution in [0.1, 0.15) is 33.3 Å². The summed E-state index contributed by atoms with van der Waals surface area (Å²) in [4.78, 5) is 1.11. The molecule has 0 saturated carbocycles. The van der Waals surface area contributed by atoms with Crippen molar-refractivity contribution in [2.45, 2.75) is 46.7 Å². The van der Waals surface area contributed by atoms with Crippen molar-refractivity contribution < 1.29 is 0 Å². The molecule has 1 fully saturated rings. The molecule has 1 aromatic rings. The SMILES string of the molecule is Cc1ccc(N=C2N(C(C)C)P(Cl)(Cl)(Cl)N2C(C)C)cc1. The van der Waals surface area contributed by atoms with Gasteiger partial charge in [-0.2, -0.15) is 0 Å². The Balaban J connectivity index is 2.47. The van der Waals surface area contributed by atoms with Crippen LogP contribution in [-0.2, 0) is 0 Å². The second-order valence-electron chi connectivity index (χ2n) is 5.86. The number of guanidine groups is 1. The van der Waals surface area contributed by atoms with Gasteiger partial charge in [0.2, 0.25) is 0 Å². The molecule has 1 aliphatic rings. The predicted molar refractivity (Wildman–Crippen MR) is 96.7 cm³/mol. The van der Waals surface area contributed by atoms with E-state index in [1.165, 1.54) is 5.56 Å². The Morgan fingerprint density at radius 3 is 1.71 bits per heavy atom. The molecular formula is C14H21Cl3N3P. The number of hydrogen-bond acceptors (Lipinski definition) is 1. The van der Waals surface area contributed by atoms with Gasteiger partial charge in [0.15, 0.2) is 0 Å². The van der Waals surface area contributed by atoms with Crippen LogP contribution in [0.25, 0.3) is 0 Å². The van der Waals surface area contributed by atoms with Crippen molar-refractivity contribution in [2.75, 3.05) is 0 Å². The molecular weight excluding hydrogens is 348 g/mol. The summed E-state index contributed by atoms with van der Waals surface area (Å²) in [7, 11) is 0. The molecule has 1 heterocycles. The molecule has 0 unspecified atom stereocenters. The van der Waals surface area contributed by atoms with Crippen LogP contribution in [0, 0.1) is 6.92 Å². The van der Waals surface area contributed by atoms with Crippen molar-refractivity contribution in [1.82, 2.24) is 9.34 Å². The number of aryl methyl sites for hydroxylation is 1. The fourth-order valence-corrected chi connectivity index (χ4v) is 9.23. The normalized spacial score (nSPS) is 22.0. The van der Waals surface area contributed by atoms with Crippen LogP contribution < -0.4 is 0 Å². The number of benzene rings is 1. The second kappa shape index (κ2) is 5.45. The summed E-state index contributed by atoms with van der Waals surface area (Å²) in [6, 6.07) is 8.16. The molecule has 1 aromatic carbocycles. The van der Waals surface area contributed by atoms with E-state index in [-0.39, 0.29) is 12.1 Å². The molecule has 0 bridgehead atoms. The topological polar surface area (TPSA) is 18.8 Å². The van der Waals surface area contributed by atoms with E-state index >= 15 is 0 Å². The standard InChI is InChI=1S/C14H21Cl3N3P/c1-10(2)19-14(18-13-8-6-12(5)7-9-13)20(11(3)4)21(19,15,16)17/h6-11H,1-5H3. The first-order valence-corrected chi connectivity index (χ1v) is 11.8. The molecule has 21 heavy (non-hydrogen) atoms. The van der Waals surface area contributed by atoms with Gasteiger partial charge < -0.3 is 0 Å². The number of hydrogen-bond donors (Lipinski definition) is 0. The van der Waals surface area contributed by atoms with E-state index in [9.17, 15) is 0 Å². The summed E-state index contributed by atoms with van der Waals surface area (Å²) in [5, 5.41) is 0. The minimum absolute atomic E-state index is 0.0781. The maximum atomic E-state index is 6.60. The summed E-state index contributed by atoms with van der Waals surface area (Å²) in [6.45, 7) is 10.1. The number of rotatable bonds is 3. The summed E-state index contributed by atoms with van der Waals surface area (Å²) >= 11 is 19.8. The van der Waals surface area contributed by atoms with Gasteiger partial charge in [-0.05, 0) is 0 Å². The quantitative estimate of drug-likeness (QED) is 0.586. The van der Waals surface area contributed by atoms with Gasteiger partial charge in [-0.1, -0.05) is 0 Å². The van der Waals surface area contributed by atoms with Crippen molar-refractivity contribution in [3.63, 3.8) is 0 Å². The predicted octanol–water partition coefficient (Wildman–Crippen LogP) is 6.26. The van der Waals surface area contributed by atoms with Crippen molar-refractivity contribution >= 4 is 50.3 Å². The minimum atomic E-state index is -3.59. The summed E-state index contributed by atoms with van der Waals surface area (Å²) < 4.78 is 3.69. The van der Waals surface area contributed by atoms with Gasteiger partial charge in [-0.3, -0.25) is 0 Å². The molecule has 7 heteroatoms. The van der Waals surface area contributed by atoms with Crippen LogP contribution in [0.2, 0.25) is 0 Å². The zero-order chi connectivity index (χ0) is 16.0. The Bertz CT molecular complexity index is 539. The van der Waals surface area contributed by atoms with Gasteiger partial charge in [-0.15, -0.1) is 0 Å². The van der Waals surface area contributed by atoms with Crippen molar-refractivity contribution in [3.05, 3.63) is 29.8 Å². The van der Waals surface area contributed by atoms with E-state index in [0.717, 1.165) is 11.6 Å². The number of halogens is 3. The Hall–Kier alpha value is -0.210. The third-order valence-electron chi connectivity index (χ3n) is 3.33. The van der Waals surface area contributed by atoms with Crippen LogP contribution in [0.3, 0.4) is 0 Å². The third kappa shape index (κ3) is 2.99. The fraction of sp³-hybridized carbons (Fsp3) is 0.500. The van der Waals surface area contributed by atoms with Crippen molar-refractivity contribution in [3.8, 4) is 0 Å². The zero-order valence-electron chi connectivity index (χ0n) is 12.9. The van der Waals surface area contributed by atoms with E-state index in [2.05, 4.69) is 0 Å². The van der Waals surface area contributed by atoms with Crippen LogP contribution in [0.4, 0.5) is 5.69 Å². The molecule has 0 aliphatic carbocycles. The molecule has 0 radical (unpaired) electrons. The Labute approximate surface area is 141 Å². The first-order chi connectivity index (χ1) is 9.53. The van der Waals surface area contributed by atoms with E-state index in [1.807, 2.05) is 68.2 Å².